The first-order valence-corrected chi connectivity index (χ1v) is 6.33. The van der Waals surface area contributed by atoms with Gasteiger partial charge >= 0.3 is 21.3 Å². The van der Waals surface area contributed by atoms with Crippen LogP contribution in [0.1, 0.15) is 19.3 Å². The van der Waals surface area contributed by atoms with E-state index in [2.05, 4.69) is 4.74 Å². The first-order chi connectivity index (χ1) is 7.75. The highest BCUT2D eigenvalue weighted by Gasteiger charge is 2.54. The van der Waals surface area contributed by atoms with E-state index >= 15 is 0 Å². The second kappa shape index (κ2) is 5.23. The molecular weight excluding hydrogens is 262 g/mol. The minimum absolute atomic E-state index is 0.441. The number of hydrogen-bond acceptors (Lipinski definition) is 5. The van der Waals surface area contributed by atoms with Crippen molar-refractivity contribution in [3.05, 3.63) is 0 Å². The molecule has 0 bridgehead atoms. The lowest BCUT2D eigenvalue weighted by molar-refractivity contribution is -0.166. The molecule has 0 spiro atoms. The minimum atomic E-state index is -5.80. The summed E-state index contributed by atoms with van der Waals surface area (Å²) in [5.74, 6) is -2.30. The Hall–Kier alpha value is -0.800. The third-order valence-corrected chi connectivity index (χ3v) is 3.05. The zero-order valence-electron chi connectivity index (χ0n) is 8.77. The van der Waals surface area contributed by atoms with Crippen molar-refractivity contribution in [2.75, 3.05) is 13.2 Å². The van der Waals surface area contributed by atoms with Crippen molar-refractivity contribution < 1.29 is 36.0 Å². The summed E-state index contributed by atoms with van der Waals surface area (Å²) in [6, 6.07) is 0. The summed E-state index contributed by atoms with van der Waals surface area (Å²) in [6.07, 6.45) is 1.69. The summed E-state index contributed by atoms with van der Waals surface area (Å²) < 4.78 is 63.2. The third kappa shape index (κ3) is 3.58. The molecule has 0 aromatic heterocycles. The van der Waals surface area contributed by atoms with Crippen LogP contribution >= 0.6 is 0 Å². The summed E-state index contributed by atoms with van der Waals surface area (Å²) in [5.41, 5.74) is 0. The molecule has 0 radical (unpaired) electrons. The van der Waals surface area contributed by atoms with Gasteiger partial charge in [0, 0.05) is 6.61 Å². The van der Waals surface area contributed by atoms with Gasteiger partial charge in [0.25, 0.3) is 0 Å². The number of rotatable bonds is 4. The van der Waals surface area contributed by atoms with Crippen LogP contribution in [0.4, 0.5) is 8.78 Å². The molecule has 1 atom stereocenters. The molecule has 1 aliphatic rings. The fourth-order valence-electron chi connectivity index (χ4n) is 1.30. The smallest absolute Gasteiger partial charge is 0.458 e. The van der Waals surface area contributed by atoms with Gasteiger partial charge in [-0.05, 0) is 19.3 Å². The fraction of sp³-hybridized carbons (Fsp3) is 0.875. The molecule has 1 heterocycles. The van der Waals surface area contributed by atoms with Crippen LogP contribution < -0.4 is 0 Å². The van der Waals surface area contributed by atoms with Crippen LogP contribution in [0, 0.1) is 0 Å². The molecule has 1 fully saturated rings. The zero-order chi connectivity index (χ0) is 13.1. The van der Waals surface area contributed by atoms with Gasteiger partial charge in [0.15, 0.2) is 0 Å². The lowest BCUT2D eigenvalue weighted by Gasteiger charge is -2.22. The van der Waals surface area contributed by atoms with Crippen LogP contribution in [0.25, 0.3) is 0 Å². The van der Waals surface area contributed by atoms with Crippen LogP contribution in [-0.4, -0.2) is 43.5 Å². The molecule has 0 aliphatic carbocycles. The first-order valence-electron chi connectivity index (χ1n) is 4.89. The Labute approximate surface area is 96.6 Å². The van der Waals surface area contributed by atoms with Gasteiger partial charge in [0.1, 0.15) is 6.61 Å². The highest BCUT2D eigenvalue weighted by molar-refractivity contribution is 7.87. The Bertz CT molecular complexity index is 373. The van der Waals surface area contributed by atoms with Crippen molar-refractivity contribution in [3.8, 4) is 0 Å². The third-order valence-electron chi connectivity index (χ3n) is 2.24. The molecule has 100 valence electrons. The monoisotopic (exact) mass is 274 g/mol. The topological polar surface area (TPSA) is 89.9 Å². The van der Waals surface area contributed by atoms with E-state index in [1.165, 1.54) is 0 Å². The Balaban J connectivity index is 2.49. The van der Waals surface area contributed by atoms with Crippen LogP contribution in [0.2, 0.25) is 0 Å². The molecule has 17 heavy (non-hydrogen) atoms. The maximum absolute atomic E-state index is 12.7. The van der Waals surface area contributed by atoms with Crippen molar-refractivity contribution in [1.82, 2.24) is 0 Å². The number of ether oxygens (including phenoxy) is 2. The quantitative estimate of drug-likeness (QED) is 0.595. The lowest BCUT2D eigenvalue weighted by atomic mass is 10.1. The number of esters is 1. The highest BCUT2D eigenvalue weighted by atomic mass is 32.2. The van der Waals surface area contributed by atoms with E-state index in [0.29, 0.717) is 13.0 Å². The van der Waals surface area contributed by atoms with Crippen molar-refractivity contribution in [1.29, 1.82) is 0 Å². The second-order valence-corrected chi connectivity index (χ2v) is 5.04. The van der Waals surface area contributed by atoms with E-state index in [0.717, 1.165) is 12.8 Å². The van der Waals surface area contributed by atoms with E-state index in [4.69, 9.17) is 9.29 Å². The predicted octanol–water partition coefficient (Wildman–Crippen LogP) is 0.579. The van der Waals surface area contributed by atoms with E-state index in [9.17, 15) is 22.0 Å². The van der Waals surface area contributed by atoms with Crippen LogP contribution in [0.5, 0.6) is 0 Å². The molecule has 1 unspecified atom stereocenters. The van der Waals surface area contributed by atoms with Gasteiger partial charge in [0.05, 0.1) is 6.10 Å². The van der Waals surface area contributed by atoms with Crippen molar-refractivity contribution in [3.63, 3.8) is 0 Å². The number of hydrogen-bond donors (Lipinski definition) is 1. The predicted molar refractivity (Wildman–Crippen MR) is 51.0 cm³/mol. The van der Waals surface area contributed by atoms with Gasteiger partial charge in [-0.15, -0.1) is 0 Å². The number of carbonyl (C=O) groups is 1. The van der Waals surface area contributed by atoms with E-state index in [1.54, 1.807) is 0 Å². The largest absolute Gasteiger partial charge is 0.465 e. The van der Waals surface area contributed by atoms with Gasteiger partial charge in [0.2, 0.25) is 0 Å². The molecule has 1 N–H and O–H groups in total. The number of halogens is 2. The average molecular weight is 274 g/mol. The second-order valence-electron chi connectivity index (χ2n) is 3.58. The van der Waals surface area contributed by atoms with Gasteiger partial charge in [-0.25, -0.2) is 4.79 Å². The molecule has 1 aliphatic heterocycles. The first kappa shape index (κ1) is 14.3. The molecule has 0 amide bonds. The normalized spacial score (nSPS) is 22.2. The zero-order valence-corrected chi connectivity index (χ0v) is 9.58. The van der Waals surface area contributed by atoms with Crippen molar-refractivity contribution in [2.24, 2.45) is 0 Å². The van der Waals surface area contributed by atoms with Crippen molar-refractivity contribution >= 4 is 16.1 Å². The van der Waals surface area contributed by atoms with Crippen LogP contribution in [0.15, 0.2) is 0 Å². The molecular formula is C8H12F2O6S. The lowest BCUT2D eigenvalue weighted by Crippen LogP contribution is -2.40. The maximum atomic E-state index is 12.7. The molecule has 0 aromatic rings. The fourth-order valence-corrected chi connectivity index (χ4v) is 1.57. The number of alkyl halides is 2. The Kier molecular flexibility index (Phi) is 4.39. The summed E-state index contributed by atoms with van der Waals surface area (Å²) in [6.45, 7) is -0.0130. The van der Waals surface area contributed by atoms with E-state index < -0.39 is 34.1 Å². The molecule has 0 saturated carbocycles. The van der Waals surface area contributed by atoms with Gasteiger partial charge in [-0.3, -0.25) is 4.55 Å². The van der Waals surface area contributed by atoms with Crippen LogP contribution in [0.3, 0.4) is 0 Å². The maximum Gasteiger partial charge on any atom is 0.465 e. The molecule has 0 aromatic carbocycles. The summed E-state index contributed by atoms with van der Waals surface area (Å²) >= 11 is 0. The molecule has 9 heteroatoms. The SMILES string of the molecule is O=C(OCC1CCCCO1)C(F)(F)S(=O)(=O)O. The van der Waals surface area contributed by atoms with Gasteiger partial charge < -0.3 is 9.47 Å². The Morgan fingerprint density at radius 2 is 2.12 bits per heavy atom. The molecule has 1 rings (SSSR count). The highest BCUT2D eigenvalue weighted by Crippen LogP contribution is 2.23. The molecule has 6 nitrogen and oxygen atoms in total. The van der Waals surface area contributed by atoms with Crippen molar-refractivity contribution in [2.45, 2.75) is 30.6 Å². The van der Waals surface area contributed by atoms with Gasteiger partial charge in [-0.1, -0.05) is 0 Å². The number of carbonyl (C=O) groups excluding carboxylic acids is 1. The summed E-state index contributed by atoms with van der Waals surface area (Å²) in [5, 5.41) is -4.94. The summed E-state index contributed by atoms with van der Waals surface area (Å²) in [4.78, 5) is 10.8. The van der Waals surface area contributed by atoms with Crippen LogP contribution in [-0.2, 0) is 24.4 Å². The summed E-state index contributed by atoms with van der Waals surface area (Å²) in [7, 11) is -5.80. The molecule has 1 saturated heterocycles. The standard InChI is InChI=1S/C8H12F2O6S/c9-8(10,17(12,13)14)7(11)16-5-6-3-1-2-4-15-6/h6H,1-5H2,(H,12,13,14). The Morgan fingerprint density at radius 3 is 2.59 bits per heavy atom. The van der Waals surface area contributed by atoms with Gasteiger partial charge in [-0.2, -0.15) is 17.2 Å². The minimum Gasteiger partial charge on any atom is -0.458 e. The Morgan fingerprint density at radius 1 is 1.47 bits per heavy atom. The van der Waals surface area contributed by atoms with E-state index in [1.807, 2.05) is 0 Å². The van der Waals surface area contributed by atoms with E-state index in [-0.39, 0.29) is 0 Å². The average Bonchev–Trinajstić information content (AvgIpc) is 2.25.